The third-order valence-electron chi connectivity index (χ3n) is 4.04. The van der Waals surface area contributed by atoms with E-state index in [1.165, 1.54) is 35.2 Å². The van der Waals surface area contributed by atoms with Gasteiger partial charge in [0, 0.05) is 16.2 Å². The van der Waals surface area contributed by atoms with Gasteiger partial charge in [-0.15, -0.1) is 10.2 Å². The van der Waals surface area contributed by atoms with Gasteiger partial charge in [0.2, 0.25) is 11.0 Å². The first-order chi connectivity index (χ1) is 13.6. The molecule has 0 saturated heterocycles. The number of carbonyl (C=O) groups is 1. The Balaban J connectivity index is 1.50. The van der Waals surface area contributed by atoms with Crippen LogP contribution in [0.1, 0.15) is 23.7 Å². The van der Waals surface area contributed by atoms with Crippen molar-refractivity contribution in [3.63, 3.8) is 0 Å². The highest BCUT2D eigenvalue weighted by atomic mass is 79.9. The first-order valence-corrected chi connectivity index (χ1v) is 11.1. The molecule has 9 heteroatoms. The summed E-state index contributed by atoms with van der Waals surface area (Å²) in [4.78, 5) is 12.7. The van der Waals surface area contributed by atoms with Crippen LogP contribution in [0.25, 0.3) is 0 Å². The fraction of sp³-hybridized carbons (Fsp3) is 0.211. The van der Waals surface area contributed by atoms with Gasteiger partial charge in [0.15, 0.2) is 4.34 Å². The maximum atomic E-state index is 13.3. The minimum absolute atomic E-state index is 0.0872. The molecule has 1 atom stereocenters. The summed E-state index contributed by atoms with van der Waals surface area (Å²) in [7, 11) is 0. The summed E-state index contributed by atoms with van der Waals surface area (Å²) >= 11 is 6.13. The molecule has 1 aromatic heterocycles. The first-order valence-electron chi connectivity index (χ1n) is 8.65. The summed E-state index contributed by atoms with van der Waals surface area (Å²) < 4.78 is 14.9. The van der Waals surface area contributed by atoms with Crippen molar-refractivity contribution >= 4 is 55.8 Å². The Morgan fingerprint density at radius 1 is 1.21 bits per heavy atom. The number of rotatable bonds is 7. The van der Waals surface area contributed by atoms with Crippen molar-refractivity contribution < 1.29 is 9.18 Å². The van der Waals surface area contributed by atoms with Crippen molar-refractivity contribution in [2.45, 2.75) is 28.5 Å². The van der Waals surface area contributed by atoms with Crippen molar-refractivity contribution in [2.75, 3.05) is 5.32 Å². The number of halogens is 2. The van der Waals surface area contributed by atoms with Gasteiger partial charge in [-0.05, 0) is 48.7 Å². The predicted molar refractivity (Wildman–Crippen MR) is 113 cm³/mol. The highest BCUT2D eigenvalue weighted by Gasteiger charge is 2.30. The van der Waals surface area contributed by atoms with Crippen LogP contribution < -0.4 is 10.6 Å². The first kappa shape index (κ1) is 19.4. The van der Waals surface area contributed by atoms with Gasteiger partial charge in [-0.25, -0.2) is 4.39 Å². The number of nitrogens with one attached hydrogen (secondary N) is 2. The molecular formula is C19H16BrFN4OS2. The van der Waals surface area contributed by atoms with Gasteiger partial charge in [-0.3, -0.25) is 4.79 Å². The molecule has 144 valence electrons. The maximum absolute atomic E-state index is 13.3. The Kier molecular flexibility index (Phi) is 5.93. The zero-order valence-electron chi connectivity index (χ0n) is 14.6. The lowest BCUT2D eigenvalue weighted by Crippen LogP contribution is -2.29. The quantitative estimate of drug-likeness (QED) is 0.451. The minimum atomic E-state index is -0.507. The molecule has 1 amide bonds. The fourth-order valence-electron chi connectivity index (χ4n) is 2.51. The van der Waals surface area contributed by atoms with Gasteiger partial charge in [0.05, 0.1) is 0 Å². The van der Waals surface area contributed by atoms with E-state index >= 15 is 0 Å². The molecule has 0 spiro atoms. The molecule has 3 aromatic rings. The second kappa shape index (κ2) is 8.59. The topological polar surface area (TPSA) is 66.9 Å². The summed E-state index contributed by atoms with van der Waals surface area (Å²) in [5.41, 5.74) is 1.63. The van der Waals surface area contributed by atoms with E-state index in [0.29, 0.717) is 9.47 Å². The molecule has 1 aliphatic carbocycles. The second-order valence-corrected chi connectivity index (χ2v) is 9.59. The minimum Gasteiger partial charge on any atom is -0.352 e. The Morgan fingerprint density at radius 3 is 2.71 bits per heavy atom. The monoisotopic (exact) mass is 478 g/mol. The molecule has 1 fully saturated rings. The Morgan fingerprint density at radius 2 is 2.00 bits per heavy atom. The maximum Gasteiger partial charge on any atom is 0.238 e. The number of amides is 1. The van der Waals surface area contributed by atoms with E-state index in [-0.39, 0.29) is 17.8 Å². The average molecular weight is 479 g/mol. The second-order valence-electron chi connectivity index (χ2n) is 6.34. The highest BCUT2D eigenvalue weighted by molar-refractivity contribution is 9.10. The fourth-order valence-corrected chi connectivity index (χ4v) is 4.89. The molecule has 1 aliphatic rings. The van der Waals surface area contributed by atoms with Crippen molar-refractivity contribution in [2.24, 2.45) is 0 Å². The van der Waals surface area contributed by atoms with Gasteiger partial charge in [-0.1, -0.05) is 57.2 Å². The van der Waals surface area contributed by atoms with Crippen molar-refractivity contribution in [1.29, 1.82) is 0 Å². The van der Waals surface area contributed by atoms with Gasteiger partial charge < -0.3 is 10.6 Å². The molecule has 5 nitrogen and oxygen atoms in total. The lowest BCUT2D eigenvalue weighted by molar-refractivity contribution is -0.120. The number of hydrogen-bond donors (Lipinski definition) is 2. The molecule has 2 N–H and O–H groups in total. The summed E-state index contributed by atoms with van der Waals surface area (Å²) in [6, 6.07) is 14.0. The Labute approximate surface area is 178 Å². The average Bonchev–Trinajstić information content (AvgIpc) is 3.38. The Hall–Kier alpha value is -1.97. The number of nitrogens with zero attached hydrogens (tertiary/aromatic N) is 2. The zero-order valence-corrected chi connectivity index (χ0v) is 17.8. The molecular weight excluding hydrogens is 463 g/mol. The normalized spacial score (nSPS) is 14.5. The molecule has 0 radical (unpaired) electrons. The van der Waals surface area contributed by atoms with Crippen molar-refractivity contribution in [3.05, 3.63) is 64.4 Å². The van der Waals surface area contributed by atoms with E-state index in [1.54, 1.807) is 12.1 Å². The largest absolute Gasteiger partial charge is 0.352 e. The van der Waals surface area contributed by atoms with Gasteiger partial charge in [0.1, 0.15) is 11.1 Å². The van der Waals surface area contributed by atoms with Crippen molar-refractivity contribution in [1.82, 2.24) is 15.5 Å². The lowest BCUT2D eigenvalue weighted by atomic mass is 10.1. The Bertz CT molecular complexity index is 978. The van der Waals surface area contributed by atoms with Crippen LogP contribution in [0.15, 0.2) is 57.3 Å². The molecule has 1 saturated carbocycles. The molecule has 1 unspecified atom stereocenters. The number of aromatic nitrogens is 2. The molecule has 0 bridgehead atoms. The van der Waals surface area contributed by atoms with Crippen LogP contribution in [-0.4, -0.2) is 22.1 Å². The van der Waals surface area contributed by atoms with Gasteiger partial charge in [-0.2, -0.15) is 0 Å². The number of benzene rings is 2. The van der Waals surface area contributed by atoms with Crippen LogP contribution in [0.2, 0.25) is 0 Å². The highest BCUT2D eigenvalue weighted by Crippen LogP contribution is 2.39. The molecule has 1 heterocycles. The van der Waals surface area contributed by atoms with E-state index < -0.39 is 5.25 Å². The number of hydrogen-bond acceptors (Lipinski definition) is 6. The summed E-state index contributed by atoms with van der Waals surface area (Å²) in [6.07, 6.45) is 2.01. The molecule has 28 heavy (non-hydrogen) atoms. The zero-order chi connectivity index (χ0) is 19.5. The van der Waals surface area contributed by atoms with E-state index in [2.05, 4.69) is 36.8 Å². The SMILES string of the molecule is O=C(NC1CC1)C(Sc1nnc(Nc2cccc(Br)c2)s1)c1ccc(F)cc1. The molecule has 2 aromatic carbocycles. The van der Waals surface area contributed by atoms with Crippen LogP contribution in [0.3, 0.4) is 0 Å². The van der Waals surface area contributed by atoms with Crippen LogP contribution in [0.4, 0.5) is 15.2 Å². The van der Waals surface area contributed by atoms with Gasteiger partial charge >= 0.3 is 0 Å². The van der Waals surface area contributed by atoms with E-state index in [1.807, 2.05) is 24.3 Å². The molecule has 0 aliphatic heterocycles. The standard InChI is InChI=1S/C19H16BrFN4OS2/c20-12-2-1-3-15(10-12)23-18-24-25-19(28-18)27-16(17(26)22-14-8-9-14)11-4-6-13(21)7-5-11/h1-7,10,14,16H,8-9H2,(H,22,26)(H,23,24). The lowest BCUT2D eigenvalue weighted by Gasteiger charge is -2.15. The number of carbonyl (C=O) groups excluding carboxylic acids is 1. The van der Waals surface area contributed by atoms with E-state index in [4.69, 9.17) is 0 Å². The number of anilines is 2. The van der Waals surface area contributed by atoms with Gasteiger partial charge in [0.25, 0.3) is 0 Å². The number of thioether (sulfide) groups is 1. The third kappa shape index (κ3) is 5.09. The van der Waals surface area contributed by atoms with Crippen LogP contribution in [-0.2, 0) is 4.79 Å². The summed E-state index contributed by atoms with van der Waals surface area (Å²) in [5.74, 6) is -0.415. The van der Waals surface area contributed by atoms with Crippen LogP contribution in [0, 0.1) is 5.82 Å². The molecule has 4 rings (SSSR count). The van der Waals surface area contributed by atoms with E-state index in [0.717, 1.165) is 28.6 Å². The van der Waals surface area contributed by atoms with Crippen LogP contribution >= 0.6 is 39.0 Å². The predicted octanol–water partition coefficient (Wildman–Crippen LogP) is 5.30. The van der Waals surface area contributed by atoms with Crippen LogP contribution in [0.5, 0.6) is 0 Å². The smallest absolute Gasteiger partial charge is 0.238 e. The van der Waals surface area contributed by atoms with E-state index in [9.17, 15) is 9.18 Å². The third-order valence-corrected chi connectivity index (χ3v) is 6.71. The summed E-state index contributed by atoms with van der Waals surface area (Å²) in [5, 5.41) is 14.7. The summed E-state index contributed by atoms with van der Waals surface area (Å²) in [6.45, 7) is 0. The van der Waals surface area contributed by atoms with Crippen molar-refractivity contribution in [3.8, 4) is 0 Å².